The van der Waals surface area contributed by atoms with Crippen molar-refractivity contribution in [3.8, 4) is 52.1 Å². The summed E-state index contributed by atoms with van der Waals surface area (Å²) in [6.45, 7) is 43.7. The number of carbonyl (C=O) groups is 9. The van der Waals surface area contributed by atoms with Crippen LogP contribution in [-0.2, 0) is 63.0 Å². The van der Waals surface area contributed by atoms with Crippen LogP contribution in [0.1, 0.15) is 315 Å². The summed E-state index contributed by atoms with van der Waals surface area (Å²) in [5.74, 6) is -1.97. The number of hydrogen-bond acceptors (Lipinski definition) is 26. The fraction of sp³-hybridized carbons (Fsp3) is 0.500. The van der Waals surface area contributed by atoms with Gasteiger partial charge in [0.1, 0.15) is 60.5 Å². The van der Waals surface area contributed by atoms with Crippen LogP contribution in [0.5, 0.6) is 46.0 Å². The molecule has 2 amide bonds. The van der Waals surface area contributed by atoms with Gasteiger partial charge >= 0.3 is 41.5 Å². The molecule has 1 saturated heterocycles. The van der Waals surface area contributed by atoms with Crippen LogP contribution in [0.2, 0.25) is 0 Å². The first kappa shape index (κ1) is 105. The van der Waals surface area contributed by atoms with E-state index in [0.29, 0.717) is 115 Å². The zero-order valence-corrected chi connectivity index (χ0v) is 84.0. The van der Waals surface area contributed by atoms with Crippen molar-refractivity contribution in [2.75, 3.05) is 33.0 Å². The van der Waals surface area contributed by atoms with Crippen LogP contribution < -0.4 is 50.3 Å². The van der Waals surface area contributed by atoms with Crippen LogP contribution in [0, 0.1) is 33.0 Å². The van der Waals surface area contributed by atoms with Gasteiger partial charge in [-0.1, -0.05) is 45.1 Å². The molecule has 30 nitrogen and oxygen atoms in total. The number of nitriles is 1. The van der Waals surface area contributed by atoms with Crippen molar-refractivity contribution in [2.24, 2.45) is 21.7 Å². The van der Waals surface area contributed by atoms with E-state index in [-0.39, 0.29) is 111 Å². The maximum absolute atomic E-state index is 13.8. The first-order valence-electron chi connectivity index (χ1n) is 46.9. The second-order valence-corrected chi connectivity index (χ2v) is 42.9. The lowest BCUT2D eigenvalue weighted by atomic mass is 9.77. The Morgan fingerprint density at radius 1 is 0.529 bits per heavy atom. The third-order valence-electron chi connectivity index (χ3n) is 23.4. The van der Waals surface area contributed by atoms with Gasteiger partial charge in [0.25, 0.3) is 20.0 Å². The number of esters is 6. The van der Waals surface area contributed by atoms with Crippen LogP contribution >= 0.6 is 16.8 Å². The van der Waals surface area contributed by atoms with Crippen LogP contribution in [0.25, 0.3) is 6.08 Å². The van der Waals surface area contributed by atoms with Gasteiger partial charge in [0.15, 0.2) is 17.0 Å². The van der Waals surface area contributed by atoms with E-state index < -0.39 is 103 Å². The number of H-pyrrole nitrogens is 1. The average molecular weight is 1910 g/mol. The molecule has 3 unspecified atom stereocenters. The highest BCUT2D eigenvalue weighted by Crippen LogP contribution is 2.60. The smallest absolute Gasteiger partial charge is 0.340 e. The Morgan fingerprint density at radius 2 is 0.941 bits per heavy atom. The van der Waals surface area contributed by atoms with Crippen molar-refractivity contribution in [2.45, 2.75) is 283 Å². The highest BCUT2D eigenvalue weighted by molar-refractivity contribution is 7.49. The standard InChI is InChI=1S/C58H73N4O13P.C46H58N3O10P/c1-13-45-48(75-76(12)62(34(2)3)35(4)5)32-50(73-45)61-33-37(51(65)60-55(61)69)21-27-49(64)59-28-18-16-14-15-17-19-44(63)36-20-24-40-43(29-36)58(74-52(40)66)41-25-22-38(70-53(67)56(6,7)8)30-46(41)72-47-31-39(23-26-42(47)58)71-54(68)57(9,10)11;1-29(2)49(30(3)4)60(55-25-15-22-47)54-24-14-12-11-13-23-48-40(50)31-16-19-34-37(26-31)46(59-41(34)51)35-20-17-32(56-42(52)44(5,6)7)27-38(35)58-39-28-33(18-21-36(39)46)57-43(53)45(8,9)10/h20-27,29-31,33-35,45,48,50H,13-19,28,32H2,1-12H3,(H,59,64)(H,60,65,69);16-21,26-30H,11-15,23-25H2,1-10H3,(H,48,50)/b27-21+;/t45-,48?,50-,76?;/m1./s1. The first-order chi connectivity index (χ1) is 64.1. The highest BCUT2D eigenvalue weighted by Gasteiger charge is 2.56. The summed E-state index contributed by atoms with van der Waals surface area (Å²) in [6.07, 6.45) is 11.7. The van der Waals surface area contributed by atoms with E-state index in [2.05, 4.69) is 93.1 Å². The van der Waals surface area contributed by atoms with Gasteiger partial charge in [-0.3, -0.25) is 52.6 Å². The largest absolute Gasteiger partial charge is 0.456 e. The molecule has 12 rings (SSSR count). The number of benzene rings is 6. The summed E-state index contributed by atoms with van der Waals surface area (Å²) in [6, 6.07) is 32.3. The minimum atomic E-state index is -1.56. The predicted molar refractivity (Wildman–Crippen MR) is 516 cm³/mol. The molecule has 6 heterocycles. The number of ether oxygens (including phenoxy) is 9. The fourth-order valence-electron chi connectivity index (χ4n) is 16.5. The summed E-state index contributed by atoms with van der Waals surface area (Å²) in [5.41, 5.74) is -3.33. The number of amides is 2. The maximum Gasteiger partial charge on any atom is 0.340 e. The normalized spacial score (nSPS) is 16.5. The van der Waals surface area contributed by atoms with E-state index in [0.717, 1.165) is 44.9 Å². The van der Waals surface area contributed by atoms with Crippen LogP contribution in [0.3, 0.4) is 0 Å². The van der Waals surface area contributed by atoms with Crippen molar-refractivity contribution in [3.63, 3.8) is 0 Å². The molecule has 6 aromatic carbocycles. The van der Waals surface area contributed by atoms with Crippen molar-refractivity contribution >= 4 is 76.3 Å². The van der Waals surface area contributed by atoms with E-state index in [4.69, 9.17) is 61.5 Å². The highest BCUT2D eigenvalue weighted by atomic mass is 31.2. The van der Waals surface area contributed by atoms with Crippen molar-refractivity contribution in [1.29, 1.82) is 5.26 Å². The molecule has 0 radical (unpaired) electrons. The Labute approximate surface area is 799 Å². The molecule has 5 aliphatic heterocycles. The molecular weight excluding hydrogens is 1780 g/mol. The van der Waals surface area contributed by atoms with Crippen LogP contribution in [0.15, 0.2) is 131 Å². The summed E-state index contributed by atoms with van der Waals surface area (Å²) in [7, 11) is -2.20. The Hall–Kier alpha value is -11.1. The number of hydrogen-bond donors (Lipinski definition) is 3. The number of Topliss-reactive ketones (excluding diaryl/α,β-unsaturated/α-hetero) is 1. The van der Waals surface area contributed by atoms with Gasteiger partial charge in [-0.05, 0) is 262 Å². The van der Waals surface area contributed by atoms with Gasteiger partial charge in [-0.15, -0.1) is 0 Å². The van der Waals surface area contributed by atoms with E-state index >= 15 is 0 Å². The average Bonchev–Trinajstić information content (AvgIpc) is 1.51. The van der Waals surface area contributed by atoms with Gasteiger partial charge in [0, 0.05) is 131 Å². The lowest BCUT2D eigenvalue weighted by Crippen LogP contribution is -2.34. The van der Waals surface area contributed by atoms with Gasteiger partial charge in [0.2, 0.25) is 5.91 Å². The summed E-state index contributed by atoms with van der Waals surface area (Å²) in [5, 5.41) is 14.8. The number of ketones is 1. The topological polar surface area (TPSA) is 374 Å². The second kappa shape index (κ2) is 44.6. The third kappa shape index (κ3) is 24.9. The van der Waals surface area contributed by atoms with Gasteiger partial charge < -0.3 is 66.8 Å². The lowest BCUT2D eigenvalue weighted by Gasteiger charge is -2.37. The molecule has 7 aromatic rings. The molecule has 3 N–H and O–H groups in total. The zero-order valence-electron chi connectivity index (χ0n) is 82.3. The Balaban J connectivity index is 0.000000269. The molecule has 136 heavy (non-hydrogen) atoms. The van der Waals surface area contributed by atoms with Crippen molar-refractivity contribution < 1.29 is 99.4 Å². The molecule has 32 heteroatoms. The SMILES string of the molecule is CC(C)N(C(C)C)P(OCCC#N)OCCCCCCNC(=O)c1ccc2c(c1)C1(OC2=O)c2ccc(OC(=O)C(C)(C)C)cc2Oc2cc(OC(=O)C(C)(C)C)ccc21.CC[C@H]1O[C@@H](n2cc(/C=C/C(=O)NCCCCCCCC(=O)c3ccc4c(c3)C3(OC4=O)c4ccc(OC(=O)C(C)(C)C)cc4Oc4cc(OC(=O)C(C)(C)C)ccc43)c(=O)[nH]c2=O)CC1OP(C)N(C(C)C)C(C)C. The Bertz CT molecular complexity index is 5630. The quantitative estimate of drug-likeness (QED) is 0.00813. The molecule has 1 aromatic heterocycles. The minimum absolute atomic E-state index is 0.114. The first-order valence-corrected chi connectivity index (χ1v) is 49.7. The Morgan fingerprint density at radius 3 is 1.38 bits per heavy atom. The fourth-order valence-corrected chi connectivity index (χ4v) is 20.2. The molecule has 0 saturated carbocycles. The molecule has 730 valence electrons. The second-order valence-electron chi connectivity index (χ2n) is 39.9. The van der Waals surface area contributed by atoms with Crippen molar-refractivity contribution in [1.82, 2.24) is 29.5 Å². The number of unbranched alkanes of at least 4 members (excludes halogenated alkanes) is 7. The molecular formula is C104H131N7O23P2. The number of aromatic amines is 1. The molecule has 2 spiro atoms. The number of fused-ring (bicyclic) bond motifs is 12. The van der Waals surface area contributed by atoms with Crippen LogP contribution in [0.4, 0.5) is 0 Å². The lowest BCUT2D eigenvalue weighted by molar-refractivity contribution is -0.143. The molecule has 0 bridgehead atoms. The monoisotopic (exact) mass is 1910 g/mol. The molecule has 0 aliphatic carbocycles. The summed E-state index contributed by atoms with van der Waals surface area (Å²) < 4.78 is 79.2. The van der Waals surface area contributed by atoms with E-state index in [9.17, 15) is 52.7 Å². The number of rotatable bonds is 37. The van der Waals surface area contributed by atoms with E-state index in [1.54, 1.807) is 192 Å². The number of nitrogens with one attached hydrogen (secondary N) is 3. The molecule has 5 atom stereocenters. The number of aromatic nitrogens is 2. The Kier molecular flexibility index (Phi) is 34.5. The van der Waals surface area contributed by atoms with Gasteiger partial charge in [0.05, 0.1) is 76.3 Å². The number of nitrogens with zero attached hydrogens (tertiary/aromatic N) is 4. The zero-order chi connectivity index (χ0) is 99.4. The van der Waals surface area contributed by atoms with E-state index in [1.807, 2.05) is 6.92 Å². The molecule has 1 fully saturated rings. The third-order valence-corrected chi connectivity index (χ3v) is 27.7. The maximum atomic E-state index is 13.8. The predicted octanol–water partition coefficient (Wildman–Crippen LogP) is 20.2. The molecule has 5 aliphatic rings. The van der Waals surface area contributed by atoms with Crippen molar-refractivity contribution in [3.05, 3.63) is 204 Å². The summed E-state index contributed by atoms with van der Waals surface area (Å²) in [4.78, 5) is 147. The van der Waals surface area contributed by atoms with Crippen LogP contribution in [-0.4, -0.2) is 142 Å². The van der Waals surface area contributed by atoms with Gasteiger partial charge in [-0.2, -0.15) is 5.26 Å². The van der Waals surface area contributed by atoms with E-state index in [1.165, 1.54) is 22.9 Å². The summed E-state index contributed by atoms with van der Waals surface area (Å²) >= 11 is 0. The van der Waals surface area contributed by atoms with Gasteiger partial charge in [-0.25, -0.2) is 19.1 Å². The number of carbonyl (C=O) groups excluding carboxylic acids is 9. The minimum Gasteiger partial charge on any atom is -0.456 e.